The predicted octanol–water partition coefficient (Wildman–Crippen LogP) is 6.33. The highest BCUT2D eigenvalue weighted by atomic mass is 16.5. The molecular weight excluding hydrogens is 396 g/mol. The Balaban J connectivity index is 1.28. The molecule has 4 rings (SSSR count). The van der Waals surface area contributed by atoms with Gasteiger partial charge >= 0.3 is 6.09 Å². The van der Waals surface area contributed by atoms with Crippen molar-refractivity contribution in [3.05, 3.63) is 95.1 Å². The number of fused-ring (bicyclic) bond motifs is 3. The van der Waals surface area contributed by atoms with Gasteiger partial charge in [-0.05, 0) is 57.9 Å². The van der Waals surface area contributed by atoms with Gasteiger partial charge in [-0.1, -0.05) is 80.6 Å². The van der Waals surface area contributed by atoms with Crippen molar-refractivity contribution in [2.24, 2.45) is 0 Å². The van der Waals surface area contributed by atoms with Gasteiger partial charge in [0, 0.05) is 18.2 Å². The highest BCUT2D eigenvalue weighted by Crippen LogP contribution is 2.44. The average Bonchev–Trinajstić information content (AvgIpc) is 3.12. The van der Waals surface area contributed by atoms with Crippen molar-refractivity contribution in [1.29, 1.82) is 0 Å². The Bertz CT molecular complexity index is 1090. The summed E-state index contributed by atoms with van der Waals surface area (Å²) in [6.07, 6.45) is 4.36. The first-order chi connectivity index (χ1) is 15.5. The van der Waals surface area contributed by atoms with E-state index >= 15 is 0 Å². The van der Waals surface area contributed by atoms with Crippen molar-refractivity contribution in [1.82, 2.24) is 5.32 Å². The lowest BCUT2D eigenvalue weighted by atomic mass is 9.98. The Morgan fingerprint density at radius 2 is 1.69 bits per heavy atom. The third kappa shape index (κ3) is 4.70. The molecule has 0 unspecified atom stereocenters. The predicted molar refractivity (Wildman–Crippen MR) is 132 cm³/mol. The van der Waals surface area contributed by atoms with E-state index in [2.05, 4.69) is 55.6 Å². The molecule has 0 heterocycles. The first-order valence-corrected chi connectivity index (χ1v) is 11.2. The van der Waals surface area contributed by atoms with Crippen LogP contribution < -0.4 is 11.1 Å². The molecule has 0 aliphatic heterocycles. The maximum absolute atomic E-state index is 12.3. The molecule has 1 aliphatic carbocycles. The number of nitrogens with two attached hydrogens (primary N) is 1. The maximum Gasteiger partial charge on any atom is 0.407 e. The van der Waals surface area contributed by atoms with Crippen molar-refractivity contribution in [3.8, 4) is 11.1 Å². The van der Waals surface area contributed by atoms with Crippen LogP contribution in [0.15, 0.2) is 72.8 Å². The maximum atomic E-state index is 12.3. The first kappa shape index (κ1) is 21.7. The van der Waals surface area contributed by atoms with Gasteiger partial charge in [0.25, 0.3) is 0 Å². The zero-order valence-corrected chi connectivity index (χ0v) is 18.7. The molecule has 3 N–H and O–H groups in total. The van der Waals surface area contributed by atoms with Crippen molar-refractivity contribution in [2.75, 3.05) is 18.9 Å². The molecule has 0 atom stereocenters. The molecular formula is C28H30N2O2. The fraction of sp³-hybridized carbons (Fsp3) is 0.250. The van der Waals surface area contributed by atoms with Gasteiger partial charge in [0.2, 0.25) is 0 Å². The number of hydrogen-bond acceptors (Lipinski definition) is 3. The number of anilines is 1. The summed E-state index contributed by atoms with van der Waals surface area (Å²) >= 11 is 0. The van der Waals surface area contributed by atoms with Crippen LogP contribution in [0.2, 0.25) is 0 Å². The second-order valence-corrected chi connectivity index (χ2v) is 8.49. The average molecular weight is 427 g/mol. The van der Waals surface area contributed by atoms with E-state index in [1.165, 1.54) is 27.8 Å². The molecule has 0 saturated heterocycles. The summed E-state index contributed by atoms with van der Waals surface area (Å²) in [4.78, 5) is 12.3. The normalized spacial score (nSPS) is 12.7. The van der Waals surface area contributed by atoms with Crippen molar-refractivity contribution in [3.63, 3.8) is 0 Å². The Morgan fingerprint density at radius 3 is 2.34 bits per heavy atom. The van der Waals surface area contributed by atoms with Crippen LogP contribution in [0.3, 0.4) is 0 Å². The number of rotatable bonds is 7. The van der Waals surface area contributed by atoms with Crippen LogP contribution in [0.5, 0.6) is 0 Å². The lowest BCUT2D eigenvalue weighted by Gasteiger charge is -2.14. The molecule has 1 amide bonds. The number of benzene rings is 3. The van der Waals surface area contributed by atoms with Gasteiger partial charge in [-0.2, -0.15) is 0 Å². The highest BCUT2D eigenvalue weighted by Gasteiger charge is 2.28. The fourth-order valence-electron chi connectivity index (χ4n) is 4.21. The van der Waals surface area contributed by atoms with E-state index in [9.17, 15) is 4.79 Å². The number of hydrogen-bond donors (Lipinski definition) is 2. The minimum Gasteiger partial charge on any atom is -0.449 e. The third-order valence-corrected chi connectivity index (χ3v) is 6.00. The lowest BCUT2D eigenvalue weighted by Crippen LogP contribution is -2.26. The minimum atomic E-state index is -0.387. The number of amides is 1. The molecule has 0 fully saturated rings. The van der Waals surface area contributed by atoms with Gasteiger partial charge in [-0.3, -0.25) is 0 Å². The van der Waals surface area contributed by atoms with E-state index in [1.807, 2.05) is 42.5 Å². The van der Waals surface area contributed by atoms with E-state index in [4.69, 9.17) is 10.5 Å². The van der Waals surface area contributed by atoms with Gasteiger partial charge < -0.3 is 15.8 Å². The second kappa shape index (κ2) is 9.73. The topological polar surface area (TPSA) is 64.3 Å². The Kier molecular flexibility index (Phi) is 6.60. The standard InChI is InChI=1S/C28H30N2O2/c1-19(2)20-14-15-27(29)21(17-20)9-7-8-16-30-28(31)32-18-26-24-12-5-3-10-22(24)23-11-4-6-13-25(23)26/h3-7,9-15,17,19,26H,8,16,18,29H2,1-2H3,(H,30,31). The molecule has 0 saturated carbocycles. The van der Waals surface area contributed by atoms with Crippen LogP contribution in [0.25, 0.3) is 17.2 Å². The van der Waals surface area contributed by atoms with Crippen molar-refractivity contribution >= 4 is 17.9 Å². The fourth-order valence-corrected chi connectivity index (χ4v) is 4.21. The summed E-state index contributed by atoms with van der Waals surface area (Å²) in [6.45, 7) is 5.17. The molecule has 3 aromatic carbocycles. The molecule has 0 spiro atoms. The smallest absolute Gasteiger partial charge is 0.407 e. The van der Waals surface area contributed by atoms with E-state index in [1.54, 1.807) is 0 Å². The van der Waals surface area contributed by atoms with Crippen LogP contribution in [0.1, 0.15) is 54.4 Å². The molecule has 0 radical (unpaired) electrons. The number of ether oxygens (including phenoxy) is 1. The monoisotopic (exact) mass is 426 g/mol. The lowest BCUT2D eigenvalue weighted by molar-refractivity contribution is 0.143. The molecule has 3 aromatic rings. The molecule has 164 valence electrons. The summed E-state index contributed by atoms with van der Waals surface area (Å²) in [7, 11) is 0. The van der Waals surface area contributed by atoms with E-state index in [0.717, 1.165) is 11.3 Å². The van der Waals surface area contributed by atoms with E-state index in [0.29, 0.717) is 25.5 Å². The SMILES string of the molecule is CC(C)c1ccc(N)c(C=CCCNC(=O)OCC2c3ccccc3-c3ccccc32)c1. The largest absolute Gasteiger partial charge is 0.449 e. The summed E-state index contributed by atoms with van der Waals surface area (Å²) in [5.41, 5.74) is 14.0. The number of carbonyl (C=O) groups excluding carboxylic acids is 1. The van der Waals surface area contributed by atoms with Gasteiger partial charge in [0.05, 0.1) is 0 Å². The van der Waals surface area contributed by atoms with Crippen LogP contribution >= 0.6 is 0 Å². The van der Waals surface area contributed by atoms with E-state index in [-0.39, 0.29) is 12.0 Å². The second-order valence-electron chi connectivity index (χ2n) is 8.49. The highest BCUT2D eigenvalue weighted by molar-refractivity contribution is 5.79. The first-order valence-electron chi connectivity index (χ1n) is 11.2. The van der Waals surface area contributed by atoms with Crippen molar-refractivity contribution in [2.45, 2.75) is 32.1 Å². The van der Waals surface area contributed by atoms with Crippen LogP contribution in [-0.4, -0.2) is 19.2 Å². The van der Waals surface area contributed by atoms with Crippen LogP contribution in [0.4, 0.5) is 10.5 Å². The Morgan fingerprint density at radius 1 is 1.03 bits per heavy atom. The summed E-state index contributed by atoms with van der Waals surface area (Å²) in [5.74, 6) is 0.530. The number of carbonyl (C=O) groups is 1. The zero-order chi connectivity index (χ0) is 22.5. The Labute approximate surface area is 190 Å². The van der Waals surface area contributed by atoms with Crippen LogP contribution in [-0.2, 0) is 4.74 Å². The van der Waals surface area contributed by atoms with Gasteiger partial charge in [0.1, 0.15) is 6.61 Å². The quantitative estimate of drug-likeness (QED) is 0.342. The molecule has 32 heavy (non-hydrogen) atoms. The van der Waals surface area contributed by atoms with Gasteiger partial charge in [-0.15, -0.1) is 0 Å². The molecule has 1 aliphatic rings. The van der Waals surface area contributed by atoms with Crippen molar-refractivity contribution < 1.29 is 9.53 Å². The number of nitrogens with one attached hydrogen (secondary N) is 1. The molecule has 0 bridgehead atoms. The minimum absolute atomic E-state index is 0.0734. The number of alkyl carbamates (subject to hydrolysis) is 1. The summed E-state index contributed by atoms with van der Waals surface area (Å²) in [5, 5.41) is 2.84. The van der Waals surface area contributed by atoms with E-state index < -0.39 is 0 Å². The summed E-state index contributed by atoms with van der Waals surface area (Å²) < 4.78 is 5.57. The van der Waals surface area contributed by atoms with Gasteiger partial charge in [-0.25, -0.2) is 4.79 Å². The zero-order valence-electron chi connectivity index (χ0n) is 18.7. The summed E-state index contributed by atoms with van der Waals surface area (Å²) in [6, 6.07) is 22.8. The third-order valence-electron chi connectivity index (χ3n) is 6.00. The van der Waals surface area contributed by atoms with Gasteiger partial charge in [0.15, 0.2) is 0 Å². The molecule has 4 nitrogen and oxygen atoms in total. The molecule has 0 aromatic heterocycles. The molecule has 4 heteroatoms. The van der Waals surface area contributed by atoms with Crippen LogP contribution in [0, 0.1) is 0 Å². The Hall–Kier alpha value is -3.53. The number of nitrogen functional groups attached to an aromatic ring is 1.